The van der Waals surface area contributed by atoms with Gasteiger partial charge in [0.25, 0.3) is 0 Å². The molecule has 0 amide bonds. The number of methoxy groups -OCH3 is 1. The lowest BCUT2D eigenvalue weighted by molar-refractivity contribution is 0.202. The van der Waals surface area contributed by atoms with Gasteiger partial charge in [-0.25, -0.2) is 4.98 Å². The van der Waals surface area contributed by atoms with Crippen LogP contribution in [0.2, 0.25) is 0 Å². The van der Waals surface area contributed by atoms with Crippen LogP contribution >= 0.6 is 11.3 Å². The first-order valence-electron chi connectivity index (χ1n) is 7.71. The van der Waals surface area contributed by atoms with Crippen molar-refractivity contribution in [3.63, 3.8) is 0 Å². The van der Waals surface area contributed by atoms with Crippen LogP contribution in [0.1, 0.15) is 38.3 Å². The van der Waals surface area contributed by atoms with E-state index in [9.17, 15) is 0 Å². The zero-order valence-corrected chi connectivity index (χ0v) is 13.3. The van der Waals surface area contributed by atoms with E-state index in [0.29, 0.717) is 6.04 Å². The maximum Gasteiger partial charge on any atom is 0.185 e. The summed E-state index contributed by atoms with van der Waals surface area (Å²) in [5, 5.41) is 6.89. The molecule has 20 heavy (non-hydrogen) atoms. The number of nitrogens with zero attached hydrogens (tertiary/aromatic N) is 2. The van der Waals surface area contributed by atoms with Crippen LogP contribution in [-0.4, -0.2) is 37.3 Å². The number of rotatable bonds is 9. The normalized spacial score (nSPS) is 20.1. The second kappa shape index (κ2) is 6.41. The highest BCUT2D eigenvalue weighted by Gasteiger charge is 2.33. The molecule has 1 unspecified atom stereocenters. The summed E-state index contributed by atoms with van der Waals surface area (Å²) in [6, 6.07) is 1.33. The molecule has 1 atom stereocenters. The van der Waals surface area contributed by atoms with Crippen molar-refractivity contribution in [3.8, 4) is 0 Å². The Kier molecular flexibility index (Phi) is 4.58. The van der Waals surface area contributed by atoms with E-state index in [-0.39, 0.29) is 0 Å². The number of thiazole rings is 1. The molecule has 1 N–H and O–H groups in total. The van der Waals surface area contributed by atoms with E-state index in [1.165, 1.54) is 31.4 Å². The molecule has 112 valence electrons. The molecule has 5 heteroatoms. The molecule has 0 aliphatic heterocycles. The fraction of sp³-hybridized carbons (Fsp3) is 0.800. The monoisotopic (exact) mass is 295 g/mol. The second-order valence-corrected chi connectivity index (χ2v) is 6.88. The van der Waals surface area contributed by atoms with Gasteiger partial charge in [0.2, 0.25) is 0 Å². The molecule has 2 saturated carbocycles. The largest absolute Gasteiger partial charge is 0.383 e. The molecule has 0 aromatic carbocycles. The highest BCUT2D eigenvalue weighted by atomic mass is 32.1. The van der Waals surface area contributed by atoms with Crippen molar-refractivity contribution in [1.82, 2.24) is 10.3 Å². The van der Waals surface area contributed by atoms with Gasteiger partial charge in [0.1, 0.15) is 0 Å². The molecular weight excluding hydrogens is 270 g/mol. The Morgan fingerprint density at radius 2 is 2.25 bits per heavy atom. The standard InChI is InChI=1S/C15H25N3OS/c1-11(12-3-4-12)18(7-8-19-2)15-17-14(10-20-15)9-16-13-5-6-13/h10-13,16H,3-9H2,1-2H3. The summed E-state index contributed by atoms with van der Waals surface area (Å²) in [5.74, 6) is 0.851. The van der Waals surface area contributed by atoms with E-state index in [2.05, 4.69) is 22.5 Å². The minimum atomic E-state index is 0.584. The SMILES string of the molecule is COCCN(c1nc(CNC2CC2)cs1)C(C)C1CC1. The van der Waals surface area contributed by atoms with Crippen molar-refractivity contribution in [1.29, 1.82) is 0 Å². The summed E-state index contributed by atoms with van der Waals surface area (Å²) < 4.78 is 5.26. The fourth-order valence-electron chi connectivity index (χ4n) is 2.54. The molecule has 4 nitrogen and oxygen atoms in total. The minimum Gasteiger partial charge on any atom is -0.383 e. The third kappa shape index (κ3) is 3.71. The van der Waals surface area contributed by atoms with Crippen LogP contribution < -0.4 is 10.2 Å². The smallest absolute Gasteiger partial charge is 0.185 e. The second-order valence-electron chi connectivity index (χ2n) is 6.04. The van der Waals surface area contributed by atoms with Crippen LogP contribution in [0, 0.1) is 5.92 Å². The van der Waals surface area contributed by atoms with Crippen LogP contribution in [0.25, 0.3) is 0 Å². The fourth-order valence-corrected chi connectivity index (χ4v) is 3.48. The predicted molar refractivity (Wildman–Crippen MR) is 83.4 cm³/mol. The van der Waals surface area contributed by atoms with Crippen molar-refractivity contribution in [2.75, 3.05) is 25.2 Å². The average Bonchev–Trinajstić information content (AvgIpc) is 3.36. The Hall–Kier alpha value is -0.650. The Labute approximate surface area is 125 Å². The average molecular weight is 295 g/mol. The number of aromatic nitrogens is 1. The van der Waals surface area contributed by atoms with Crippen molar-refractivity contribution >= 4 is 16.5 Å². The Morgan fingerprint density at radius 1 is 1.45 bits per heavy atom. The molecular formula is C15H25N3OS. The van der Waals surface area contributed by atoms with Crippen LogP contribution in [-0.2, 0) is 11.3 Å². The van der Waals surface area contributed by atoms with Crippen molar-refractivity contribution in [2.45, 2.75) is 51.2 Å². The molecule has 1 aromatic rings. The van der Waals surface area contributed by atoms with Gasteiger partial charge in [-0.2, -0.15) is 0 Å². The number of ether oxygens (including phenoxy) is 1. The maximum absolute atomic E-state index is 5.26. The third-order valence-corrected chi connectivity index (χ3v) is 5.19. The van der Waals surface area contributed by atoms with Crippen LogP contribution in [0.5, 0.6) is 0 Å². The maximum atomic E-state index is 5.26. The molecule has 1 aromatic heterocycles. The number of nitrogens with one attached hydrogen (secondary N) is 1. The first-order valence-corrected chi connectivity index (χ1v) is 8.59. The lowest BCUT2D eigenvalue weighted by Crippen LogP contribution is -2.37. The molecule has 1 heterocycles. The Balaban J connectivity index is 1.61. The van der Waals surface area contributed by atoms with Gasteiger partial charge in [0.15, 0.2) is 5.13 Å². The van der Waals surface area contributed by atoms with Gasteiger partial charge in [0, 0.05) is 37.7 Å². The number of anilines is 1. The first kappa shape index (κ1) is 14.3. The summed E-state index contributed by atoms with van der Waals surface area (Å²) in [5.41, 5.74) is 1.18. The number of hydrogen-bond donors (Lipinski definition) is 1. The van der Waals surface area contributed by atoms with E-state index in [0.717, 1.165) is 36.8 Å². The van der Waals surface area contributed by atoms with Gasteiger partial charge in [-0.1, -0.05) is 0 Å². The van der Waals surface area contributed by atoms with Crippen LogP contribution in [0.3, 0.4) is 0 Å². The quantitative estimate of drug-likeness (QED) is 0.760. The van der Waals surface area contributed by atoms with Gasteiger partial charge < -0.3 is 15.0 Å². The number of hydrogen-bond acceptors (Lipinski definition) is 5. The highest BCUT2D eigenvalue weighted by molar-refractivity contribution is 7.13. The van der Waals surface area contributed by atoms with Gasteiger partial charge in [-0.15, -0.1) is 11.3 Å². The predicted octanol–water partition coefficient (Wildman–Crippen LogP) is 2.65. The lowest BCUT2D eigenvalue weighted by atomic mass is 10.2. The molecule has 3 rings (SSSR count). The van der Waals surface area contributed by atoms with E-state index < -0.39 is 0 Å². The van der Waals surface area contributed by atoms with Gasteiger partial charge in [-0.3, -0.25) is 0 Å². The summed E-state index contributed by atoms with van der Waals surface area (Å²) in [6.45, 7) is 4.96. The van der Waals surface area contributed by atoms with Gasteiger partial charge >= 0.3 is 0 Å². The molecule has 0 saturated heterocycles. The third-order valence-electron chi connectivity index (χ3n) is 4.27. The van der Waals surface area contributed by atoms with Crippen LogP contribution in [0.15, 0.2) is 5.38 Å². The molecule has 0 radical (unpaired) electrons. The molecule has 2 aliphatic carbocycles. The molecule has 0 spiro atoms. The zero-order valence-electron chi connectivity index (χ0n) is 12.5. The highest BCUT2D eigenvalue weighted by Crippen LogP contribution is 2.37. The summed E-state index contributed by atoms with van der Waals surface area (Å²) >= 11 is 1.77. The lowest BCUT2D eigenvalue weighted by Gasteiger charge is -2.28. The minimum absolute atomic E-state index is 0.584. The Morgan fingerprint density at radius 3 is 2.90 bits per heavy atom. The summed E-state index contributed by atoms with van der Waals surface area (Å²) in [6.07, 6.45) is 5.39. The van der Waals surface area contributed by atoms with Crippen LogP contribution in [0.4, 0.5) is 5.13 Å². The van der Waals surface area contributed by atoms with E-state index in [1.54, 1.807) is 18.4 Å². The van der Waals surface area contributed by atoms with Crippen molar-refractivity contribution in [2.24, 2.45) is 5.92 Å². The topological polar surface area (TPSA) is 37.4 Å². The molecule has 2 aliphatic rings. The molecule has 0 bridgehead atoms. The van der Waals surface area contributed by atoms with Gasteiger partial charge in [-0.05, 0) is 38.5 Å². The summed E-state index contributed by atoms with van der Waals surface area (Å²) in [4.78, 5) is 7.26. The van der Waals surface area contributed by atoms with E-state index in [1.807, 2.05) is 0 Å². The van der Waals surface area contributed by atoms with Crippen molar-refractivity contribution < 1.29 is 4.74 Å². The van der Waals surface area contributed by atoms with E-state index >= 15 is 0 Å². The van der Waals surface area contributed by atoms with E-state index in [4.69, 9.17) is 9.72 Å². The summed E-state index contributed by atoms with van der Waals surface area (Å²) in [7, 11) is 1.77. The zero-order chi connectivity index (χ0) is 13.9. The molecule has 2 fully saturated rings. The van der Waals surface area contributed by atoms with Gasteiger partial charge in [0.05, 0.1) is 12.3 Å². The van der Waals surface area contributed by atoms with Crippen molar-refractivity contribution in [3.05, 3.63) is 11.1 Å². The Bertz CT molecular complexity index is 429. The first-order chi connectivity index (χ1) is 9.78.